The van der Waals surface area contributed by atoms with Crippen LogP contribution in [0.4, 0.5) is 5.69 Å². The van der Waals surface area contributed by atoms with Crippen molar-refractivity contribution in [3.8, 4) is 5.75 Å². The number of nitrogens with one attached hydrogen (secondary N) is 1. The number of methoxy groups -OCH3 is 1. The number of carbonyl (C=O) groups excluding carboxylic acids is 2. The summed E-state index contributed by atoms with van der Waals surface area (Å²) < 4.78 is 5.39. The molecule has 5 rings (SSSR count). The van der Waals surface area contributed by atoms with Crippen molar-refractivity contribution in [3.63, 3.8) is 0 Å². The third kappa shape index (κ3) is 3.44. The van der Waals surface area contributed by atoms with Gasteiger partial charge in [-0.3, -0.25) is 14.5 Å². The first-order valence-electron chi connectivity index (χ1n) is 11.1. The Morgan fingerprint density at radius 1 is 1.03 bits per heavy atom. The van der Waals surface area contributed by atoms with Crippen molar-refractivity contribution < 1.29 is 19.4 Å². The van der Waals surface area contributed by atoms with E-state index in [2.05, 4.69) is 11.9 Å². The first-order valence-corrected chi connectivity index (χ1v) is 11.1. The van der Waals surface area contributed by atoms with Gasteiger partial charge < -0.3 is 14.8 Å². The zero-order chi connectivity index (χ0) is 23.8. The van der Waals surface area contributed by atoms with Crippen LogP contribution in [0.5, 0.6) is 5.75 Å². The molecular formula is C28H24N2O4. The molecule has 0 bridgehead atoms. The number of anilines is 1. The van der Waals surface area contributed by atoms with Gasteiger partial charge in [-0.15, -0.1) is 0 Å². The quantitative estimate of drug-likeness (QED) is 0.242. The molecule has 2 heterocycles. The maximum atomic E-state index is 13.4. The molecule has 170 valence electrons. The van der Waals surface area contributed by atoms with E-state index in [0.717, 1.165) is 22.9 Å². The van der Waals surface area contributed by atoms with Crippen LogP contribution in [-0.2, 0) is 16.0 Å². The van der Waals surface area contributed by atoms with E-state index < -0.39 is 17.7 Å². The van der Waals surface area contributed by atoms with Crippen LogP contribution in [0.15, 0.2) is 84.6 Å². The number of ether oxygens (including phenoxy) is 1. The van der Waals surface area contributed by atoms with E-state index in [0.29, 0.717) is 22.6 Å². The van der Waals surface area contributed by atoms with Gasteiger partial charge in [0.05, 0.1) is 18.7 Å². The number of carbonyl (C=O) groups is 2. The van der Waals surface area contributed by atoms with E-state index in [-0.39, 0.29) is 11.3 Å². The lowest BCUT2D eigenvalue weighted by atomic mass is 9.94. The Balaban J connectivity index is 1.74. The standard InChI is InChI=1S/C28H24N2O4/c1-3-17-11-13-19(14-12-17)30-25(18-7-6-8-20(15-18)34-2)24(27(32)28(30)33)26(31)22-16-29-23-10-5-4-9-21(22)23/h4-16,25,29,31H,3H2,1-2H3/b26-24-. The van der Waals surface area contributed by atoms with Gasteiger partial charge in [0, 0.05) is 28.4 Å². The number of Topliss-reactive ketones (excluding diaryl/α,β-unsaturated/α-hetero) is 1. The zero-order valence-corrected chi connectivity index (χ0v) is 18.9. The summed E-state index contributed by atoms with van der Waals surface area (Å²) >= 11 is 0. The van der Waals surface area contributed by atoms with Crippen LogP contribution in [-0.4, -0.2) is 28.9 Å². The van der Waals surface area contributed by atoms with Crippen LogP contribution in [0, 0.1) is 0 Å². The van der Waals surface area contributed by atoms with Gasteiger partial charge in [-0.1, -0.05) is 49.4 Å². The monoisotopic (exact) mass is 452 g/mol. The fourth-order valence-electron chi connectivity index (χ4n) is 4.53. The second-order valence-electron chi connectivity index (χ2n) is 8.21. The Bertz CT molecular complexity index is 1430. The fraction of sp³-hybridized carbons (Fsp3) is 0.143. The van der Waals surface area contributed by atoms with Gasteiger partial charge in [-0.2, -0.15) is 0 Å². The second kappa shape index (κ2) is 8.56. The maximum Gasteiger partial charge on any atom is 0.300 e. The van der Waals surface area contributed by atoms with E-state index in [1.165, 1.54) is 4.90 Å². The van der Waals surface area contributed by atoms with Crippen molar-refractivity contribution in [2.45, 2.75) is 19.4 Å². The van der Waals surface area contributed by atoms with Crippen molar-refractivity contribution in [1.29, 1.82) is 0 Å². The van der Waals surface area contributed by atoms with Gasteiger partial charge in [0.1, 0.15) is 11.5 Å². The van der Waals surface area contributed by atoms with Crippen LogP contribution in [0.3, 0.4) is 0 Å². The molecule has 3 aromatic carbocycles. The number of hydrogen-bond acceptors (Lipinski definition) is 4. The molecule has 6 nitrogen and oxygen atoms in total. The number of aromatic amines is 1. The Morgan fingerprint density at radius 3 is 2.53 bits per heavy atom. The molecule has 1 aliphatic rings. The molecule has 0 radical (unpaired) electrons. The average Bonchev–Trinajstić information content (AvgIpc) is 3.43. The lowest BCUT2D eigenvalue weighted by Crippen LogP contribution is -2.29. The number of para-hydroxylation sites is 1. The molecule has 1 unspecified atom stereocenters. The summed E-state index contributed by atoms with van der Waals surface area (Å²) in [6.07, 6.45) is 2.52. The molecule has 4 aromatic rings. The molecule has 1 saturated heterocycles. The molecule has 0 saturated carbocycles. The highest BCUT2D eigenvalue weighted by molar-refractivity contribution is 6.51. The highest BCUT2D eigenvalue weighted by Crippen LogP contribution is 2.43. The fourth-order valence-corrected chi connectivity index (χ4v) is 4.53. The number of H-pyrrole nitrogens is 1. The molecule has 1 aromatic heterocycles. The second-order valence-corrected chi connectivity index (χ2v) is 8.21. The van der Waals surface area contributed by atoms with Gasteiger partial charge in [0.15, 0.2) is 0 Å². The summed E-state index contributed by atoms with van der Waals surface area (Å²) in [5.41, 5.74) is 3.72. The van der Waals surface area contributed by atoms with E-state index in [9.17, 15) is 14.7 Å². The number of fused-ring (bicyclic) bond motifs is 1. The summed E-state index contributed by atoms with van der Waals surface area (Å²) in [6, 6.07) is 21.5. The van der Waals surface area contributed by atoms with E-state index in [1.807, 2.05) is 54.6 Å². The van der Waals surface area contributed by atoms with Crippen molar-refractivity contribution in [3.05, 3.63) is 101 Å². The minimum Gasteiger partial charge on any atom is -0.507 e. The van der Waals surface area contributed by atoms with Crippen molar-refractivity contribution in [2.24, 2.45) is 0 Å². The number of rotatable bonds is 5. The predicted molar refractivity (Wildman–Crippen MR) is 132 cm³/mol. The van der Waals surface area contributed by atoms with Crippen LogP contribution in [0.25, 0.3) is 16.7 Å². The third-order valence-corrected chi connectivity index (χ3v) is 6.32. The largest absolute Gasteiger partial charge is 0.507 e. The van der Waals surface area contributed by atoms with Gasteiger partial charge in [-0.25, -0.2) is 0 Å². The van der Waals surface area contributed by atoms with Crippen LogP contribution in [0.1, 0.15) is 29.7 Å². The molecule has 34 heavy (non-hydrogen) atoms. The molecule has 0 aliphatic carbocycles. The molecule has 2 N–H and O–H groups in total. The Labute approximate surface area is 197 Å². The van der Waals surface area contributed by atoms with Gasteiger partial charge in [0.25, 0.3) is 11.7 Å². The van der Waals surface area contributed by atoms with Gasteiger partial charge in [0.2, 0.25) is 0 Å². The van der Waals surface area contributed by atoms with Crippen LogP contribution < -0.4 is 9.64 Å². The van der Waals surface area contributed by atoms with Gasteiger partial charge >= 0.3 is 0 Å². The molecule has 6 heteroatoms. The zero-order valence-electron chi connectivity index (χ0n) is 18.9. The molecule has 1 amide bonds. The Morgan fingerprint density at radius 2 is 1.79 bits per heavy atom. The first kappa shape index (κ1) is 21.5. The molecule has 1 aliphatic heterocycles. The highest BCUT2D eigenvalue weighted by Gasteiger charge is 2.47. The normalized spacial score (nSPS) is 17.5. The number of aliphatic hydroxyl groups is 1. The Kier molecular flexibility index (Phi) is 5.42. The summed E-state index contributed by atoms with van der Waals surface area (Å²) in [4.78, 5) is 31.3. The summed E-state index contributed by atoms with van der Waals surface area (Å²) in [6.45, 7) is 2.05. The first-order chi connectivity index (χ1) is 16.5. The molecule has 0 spiro atoms. The van der Waals surface area contributed by atoms with Crippen LogP contribution in [0.2, 0.25) is 0 Å². The van der Waals surface area contributed by atoms with Crippen molar-refractivity contribution in [1.82, 2.24) is 4.98 Å². The number of aliphatic hydroxyl groups excluding tert-OH is 1. The topological polar surface area (TPSA) is 82.6 Å². The van der Waals surface area contributed by atoms with Gasteiger partial charge in [-0.05, 0) is 47.9 Å². The number of aromatic nitrogens is 1. The third-order valence-electron chi connectivity index (χ3n) is 6.32. The summed E-state index contributed by atoms with van der Waals surface area (Å²) in [5, 5.41) is 12.2. The maximum absolute atomic E-state index is 13.4. The number of ketones is 1. The number of benzene rings is 3. The van der Waals surface area contributed by atoms with Crippen molar-refractivity contribution in [2.75, 3.05) is 12.0 Å². The number of aryl methyl sites for hydroxylation is 1. The molecular weight excluding hydrogens is 428 g/mol. The number of hydrogen-bond donors (Lipinski definition) is 2. The molecule has 1 atom stereocenters. The van der Waals surface area contributed by atoms with Crippen molar-refractivity contribution >= 4 is 34.0 Å². The summed E-state index contributed by atoms with van der Waals surface area (Å²) in [5.74, 6) is -1.03. The number of amides is 1. The van der Waals surface area contributed by atoms with E-state index in [4.69, 9.17) is 4.74 Å². The minimum absolute atomic E-state index is 0.0441. The lowest BCUT2D eigenvalue weighted by Gasteiger charge is -2.26. The smallest absolute Gasteiger partial charge is 0.300 e. The average molecular weight is 453 g/mol. The highest BCUT2D eigenvalue weighted by atomic mass is 16.5. The SMILES string of the molecule is CCc1ccc(N2C(=O)C(=O)/C(=C(\O)c3c[nH]c4ccccc34)C2c2cccc(OC)c2)cc1. The van der Waals surface area contributed by atoms with E-state index in [1.54, 1.807) is 31.5 Å². The lowest BCUT2D eigenvalue weighted by molar-refractivity contribution is -0.132. The molecule has 1 fully saturated rings. The summed E-state index contributed by atoms with van der Waals surface area (Å²) in [7, 11) is 1.56. The van der Waals surface area contributed by atoms with Crippen LogP contribution >= 0.6 is 0 Å². The minimum atomic E-state index is -0.809. The van der Waals surface area contributed by atoms with E-state index >= 15 is 0 Å². The predicted octanol–water partition coefficient (Wildman–Crippen LogP) is 5.37. The Hall–Kier alpha value is -4.32. The number of nitrogens with zero attached hydrogens (tertiary/aromatic N) is 1.